The second-order valence-electron chi connectivity index (χ2n) is 4.71. The Hall–Kier alpha value is -1.72. The van der Waals surface area contributed by atoms with Crippen LogP contribution in [0.15, 0.2) is 47.1 Å². The Balaban J connectivity index is 1.91. The first-order valence-corrected chi connectivity index (χ1v) is 7.14. The lowest BCUT2D eigenvalue weighted by Crippen LogP contribution is -2.05. The smallest absolute Gasteiger partial charge is 0.102 e. The zero-order valence-corrected chi connectivity index (χ0v) is 12.6. The van der Waals surface area contributed by atoms with Gasteiger partial charge in [-0.2, -0.15) is 5.10 Å². The number of aromatic nitrogens is 3. The van der Waals surface area contributed by atoms with E-state index >= 15 is 0 Å². The molecule has 0 amide bonds. The summed E-state index contributed by atoms with van der Waals surface area (Å²) in [6.45, 7) is 0. The second-order valence-corrected chi connectivity index (χ2v) is 5.62. The topological polar surface area (TPSA) is 50.9 Å². The van der Waals surface area contributed by atoms with Crippen molar-refractivity contribution in [1.82, 2.24) is 14.8 Å². The molecule has 1 aromatic carbocycles. The van der Waals surface area contributed by atoms with Gasteiger partial charge in [0.1, 0.15) is 6.10 Å². The monoisotopic (exact) mass is 331 g/mol. The first-order valence-electron chi connectivity index (χ1n) is 6.35. The van der Waals surface area contributed by atoms with Crippen LogP contribution >= 0.6 is 15.9 Å². The molecule has 0 spiro atoms. The van der Waals surface area contributed by atoms with Gasteiger partial charge in [-0.1, -0.05) is 18.2 Å². The molecule has 0 fully saturated rings. The van der Waals surface area contributed by atoms with Crippen LogP contribution < -0.4 is 0 Å². The molecule has 0 bridgehead atoms. The molecule has 0 saturated heterocycles. The molecule has 102 valence electrons. The maximum atomic E-state index is 10.3. The molecule has 0 aliphatic rings. The maximum absolute atomic E-state index is 10.3. The third-order valence-electron chi connectivity index (χ3n) is 3.31. The Morgan fingerprint density at radius 3 is 2.80 bits per heavy atom. The normalized spacial score (nSPS) is 12.8. The summed E-state index contributed by atoms with van der Waals surface area (Å²) in [4.78, 5) is 4.23. The number of aryl methyl sites for hydroxylation is 1. The molecule has 4 nitrogen and oxygen atoms in total. The van der Waals surface area contributed by atoms with Gasteiger partial charge in [-0.05, 0) is 34.1 Å². The van der Waals surface area contributed by atoms with Crippen LogP contribution in [0.3, 0.4) is 0 Å². The van der Waals surface area contributed by atoms with Crippen molar-refractivity contribution in [2.75, 3.05) is 0 Å². The first kappa shape index (κ1) is 13.3. The van der Waals surface area contributed by atoms with Gasteiger partial charge in [0.05, 0.1) is 16.9 Å². The Bertz CT molecular complexity index is 736. The third-order valence-corrected chi connectivity index (χ3v) is 3.78. The van der Waals surface area contributed by atoms with E-state index < -0.39 is 6.10 Å². The van der Waals surface area contributed by atoms with Crippen molar-refractivity contribution in [3.63, 3.8) is 0 Å². The summed E-state index contributed by atoms with van der Waals surface area (Å²) < 4.78 is 2.74. The summed E-state index contributed by atoms with van der Waals surface area (Å²) in [5.41, 5.74) is 2.61. The molecular weight excluding hydrogens is 318 g/mol. The molecule has 3 rings (SSSR count). The molecule has 2 aromatic heterocycles. The SMILES string of the molecule is Cn1nc(CC(O)c2ccc(Br)cn2)c2ccccc21. The fraction of sp³-hybridized carbons (Fsp3) is 0.200. The van der Waals surface area contributed by atoms with Gasteiger partial charge in [0.15, 0.2) is 0 Å². The van der Waals surface area contributed by atoms with Gasteiger partial charge in [0.25, 0.3) is 0 Å². The van der Waals surface area contributed by atoms with Crippen LogP contribution in [-0.4, -0.2) is 19.9 Å². The summed E-state index contributed by atoms with van der Waals surface area (Å²) >= 11 is 3.34. The molecule has 0 saturated carbocycles. The summed E-state index contributed by atoms with van der Waals surface area (Å²) in [5.74, 6) is 0. The second kappa shape index (κ2) is 5.34. The van der Waals surface area contributed by atoms with E-state index in [0.717, 1.165) is 21.1 Å². The number of nitrogens with zero attached hydrogens (tertiary/aromatic N) is 3. The number of hydrogen-bond donors (Lipinski definition) is 1. The van der Waals surface area contributed by atoms with Crippen LogP contribution in [0.2, 0.25) is 0 Å². The average Bonchev–Trinajstić information content (AvgIpc) is 2.77. The Labute approximate surface area is 125 Å². The van der Waals surface area contributed by atoms with Crippen LogP contribution in [0.4, 0.5) is 0 Å². The fourth-order valence-electron chi connectivity index (χ4n) is 2.31. The molecule has 0 aliphatic heterocycles. The largest absolute Gasteiger partial charge is 0.386 e. The van der Waals surface area contributed by atoms with E-state index in [2.05, 4.69) is 26.0 Å². The van der Waals surface area contributed by atoms with Crippen LogP contribution in [0, 0.1) is 0 Å². The van der Waals surface area contributed by atoms with E-state index in [1.165, 1.54) is 0 Å². The molecule has 1 atom stereocenters. The third kappa shape index (κ3) is 2.46. The molecule has 5 heteroatoms. The minimum atomic E-state index is -0.651. The Morgan fingerprint density at radius 1 is 1.25 bits per heavy atom. The van der Waals surface area contributed by atoms with E-state index in [1.807, 2.05) is 48.1 Å². The molecule has 3 aromatic rings. The molecule has 1 unspecified atom stereocenters. The van der Waals surface area contributed by atoms with Crippen molar-refractivity contribution in [3.05, 3.63) is 58.5 Å². The maximum Gasteiger partial charge on any atom is 0.102 e. The van der Waals surface area contributed by atoms with Crippen LogP contribution in [0.1, 0.15) is 17.5 Å². The van der Waals surface area contributed by atoms with Crippen molar-refractivity contribution in [3.8, 4) is 0 Å². The zero-order valence-electron chi connectivity index (χ0n) is 11.0. The predicted molar refractivity (Wildman–Crippen MR) is 81.3 cm³/mol. The van der Waals surface area contributed by atoms with E-state index in [1.54, 1.807) is 6.20 Å². The number of aliphatic hydroxyl groups excluding tert-OH is 1. The lowest BCUT2D eigenvalue weighted by molar-refractivity contribution is 0.172. The molecule has 20 heavy (non-hydrogen) atoms. The van der Waals surface area contributed by atoms with Crippen molar-refractivity contribution in [2.45, 2.75) is 12.5 Å². The molecule has 1 N–H and O–H groups in total. The lowest BCUT2D eigenvalue weighted by atomic mass is 10.1. The van der Waals surface area contributed by atoms with Gasteiger partial charge < -0.3 is 5.11 Å². The van der Waals surface area contributed by atoms with Crippen LogP contribution in [0.5, 0.6) is 0 Å². The molecular formula is C15H14BrN3O. The highest BCUT2D eigenvalue weighted by atomic mass is 79.9. The Kier molecular flexibility index (Phi) is 3.54. The minimum Gasteiger partial charge on any atom is -0.386 e. The van der Waals surface area contributed by atoms with Gasteiger partial charge >= 0.3 is 0 Å². The summed E-state index contributed by atoms with van der Waals surface area (Å²) in [5, 5.41) is 15.9. The minimum absolute atomic E-state index is 0.454. The van der Waals surface area contributed by atoms with Crippen LogP contribution in [0.25, 0.3) is 10.9 Å². The van der Waals surface area contributed by atoms with Gasteiger partial charge in [0, 0.05) is 29.5 Å². The lowest BCUT2D eigenvalue weighted by Gasteiger charge is -2.08. The molecule has 2 heterocycles. The van der Waals surface area contributed by atoms with Gasteiger partial charge in [-0.25, -0.2) is 0 Å². The van der Waals surface area contributed by atoms with Gasteiger partial charge in [0.2, 0.25) is 0 Å². The number of halogens is 1. The first-order chi connectivity index (χ1) is 9.65. The number of fused-ring (bicyclic) bond motifs is 1. The number of rotatable bonds is 3. The summed E-state index contributed by atoms with van der Waals surface area (Å²) in [6, 6.07) is 11.7. The number of benzene rings is 1. The number of hydrogen-bond acceptors (Lipinski definition) is 3. The Morgan fingerprint density at radius 2 is 2.05 bits per heavy atom. The highest BCUT2D eigenvalue weighted by molar-refractivity contribution is 9.10. The van der Waals surface area contributed by atoms with Gasteiger partial charge in [-0.15, -0.1) is 0 Å². The van der Waals surface area contributed by atoms with Crippen molar-refractivity contribution in [1.29, 1.82) is 0 Å². The predicted octanol–water partition coefficient (Wildman–Crippen LogP) is 3.01. The van der Waals surface area contributed by atoms with E-state index in [-0.39, 0.29) is 0 Å². The fourth-order valence-corrected chi connectivity index (χ4v) is 2.55. The number of pyridine rings is 1. The standard InChI is InChI=1S/C15H14BrN3O/c1-19-14-5-3-2-4-11(14)13(18-19)8-15(20)12-7-6-10(16)9-17-12/h2-7,9,15,20H,8H2,1H3. The summed E-state index contributed by atoms with van der Waals surface area (Å²) in [6.07, 6.45) is 1.49. The highest BCUT2D eigenvalue weighted by Crippen LogP contribution is 2.23. The number of para-hydroxylation sites is 1. The van der Waals surface area contributed by atoms with Crippen LogP contribution in [-0.2, 0) is 13.5 Å². The summed E-state index contributed by atoms with van der Waals surface area (Å²) in [7, 11) is 1.91. The van der Waals surface area contributed by atoms with Crippen molar-refractivity contribution >= 4 is 26.8 Å². The van der Waals surface area contributed by atoms with E-state index in [4.69, 9.17) is 0 Å². The van der Waals surface area contributed by atoms with Gasteiger partial charge in [-0.3, -0.25) is 9.67 Å². The highest BCUT2D eigenvalue weighted by Gasteiger charge is 2.15. The molecule has 0 radical (unpaired) electrons. The quantitative estimate of drug-likeness (QED) is 0.802. The zero-order chi connectivity index (χ0) is 14.1. The molecule has 0 aliphatic carbocycles. The number of aliphatic hydroxyl groups is 1. The van der Waals surface area contributed by atoms with E-state index in [9.17, 15) is 5.11 Å². The van der Waals surface area contributed by atoms with Crippen molar-refractivity contribution < 1.29 is 5.11 Å². The van der Waals surface area contributed by atoms with Crippen molar-refractivity contribution in [2.24, 2.45) is 7.05 Å². The average molecular weight is 332 g/mol. The van der Waals surface area contributed by atoms with E-state index in [0.29, 0.717) is 12.1 Å².